The quantitative estimate of drug-likeness (QED) is 0.749. The number of rotatable bonds is 7. The van der Waals surface area contributed by atoms with Gasteiger partial charge in [-0.2, -0.15) is 0 Å². The third-order valence-corrected chi connectivity index (χ3v) is 3.27. The largest absolute Gasteiger partial charge is 0.382 e. The van der Waals surface area contributed by atoms with Gasteiger partial charge >= 0.3 is 0 Å². The highest BCUT2D eigenvalue weighted by Crippen LogP contribution is 2.16. The Balaban J connectivity index is 2.37. The minimum absolute atomic E-state index is 0.172. The molecule has 0 aliphatic carbocycles. The fourth-order valence-electron chi connectivity index (χ4n) is 1.72. The van der Waals surface area contributed by atoms with Crippen LogP contribution in [0, 0.1) is 0 Å². The lowest BCUT2D eigenvalue weighted by Crippen LogP contribution is -2.30. The number of nitrogens with zero attached hydrogens (tertiary/aromatic N) is 2. The third-order valence-electron chi connectivity index (χ3n) is 2.96. The third kappa shape index (κ3) is 5.04. The zero-order valence-electron chi connectivity index (χ0n) is 11.4. The standard InChI is InChI=1S/C13H21ClN4O/c1-3-18(4-2)7-5-6-16-13(19)10-8-11(14)12(15)17-9-10/h8-9H,3-7H2,1-2H3,(H2,15,17)(H,16,19). The Morgan fingerprint density at radius 2 is 2.16 bits per heavy atom. The number of amides is 1. The molecule has 1 aromatic heterocycles. The monoisotopic (exact) mass is 284 g/mol. The fraction of sp³-hybridized carbons (Fsp3) is 0.538. The van der Waals surface area contributed by atoms with E-state index >= 15 is 0 Å². The highest BCUT2D eigenvalue weighted by Gasteiger charge is 2.08. The number of halogens is 1. The second-order valence-electron chi connectivity index (χ2n) is 4.23. The highest BCUT2D eigenvalue weighted by atomic mass is 35.5. The molecule has 19 heavy (non-hydrogen) atoms. The number of carbonyl (C=O) groups excluding carboxylic acids is 1. The molecule has 1 heterocycles. The second-order valence-corrected chi connectivity index (χ2v) is 4.63. The van der Waals surface area contributed by atoms with Crippen LogP contribution in [0.2, 0.25) is 5.02 Å². The molecular weight excluding hydrogens is 264 g/mol. The molecule has 0 unspecified atom stereocenters. The summed E-state index contributed by atoms with van der Waals surface area (Å²) >= 11 is 5.82. The van der Waals surface area contributed by atoms with Gasteiger partial charge in [-0.25, -0.2) is 4.98 Å². The van der Waals surface area contributed by atoms with Crippen molar-refractivity contribution in [2.45, 2.75) is 20.3 Å². The minimum Gasteiger partial charge on any atom is -0.382 e. The summed E-state index contributed by atoms with van der Waals surface area (Å²) in [7, 11) is 0. The predicted octanol–water partition coefficient (Wildman–Crippen LogP) is 1.78. The van der Waals surface area contributed by atoms with Crippen molar-refractivity contribution < 1.29 is 4.79 Å². The van der Waals surface area contributed by atoms with Crippen molar-refractivity contribution in [3.63, 3.8) is 0 Å². The minimum atomic E-state index is -0.172. The van der Waals surface area contributed by atoms with Crippen LogP contribution in [0.5, 0.6) is 0 Å². The predicted molar refractivity (Wildman–Crippen MR) is 78.4 cm³/mol. The summed E-state index contributed by atoms with van der Waals surface area (Å²) in [6, 6.07) is 1.53. The molecule has 0 aromatic carbocycles. The number of pyridine rings is 1. The normalized spacial score (nSPS) is 10.7. The average molecular weight is 285 g/mol. The fourth-order valence-corrected chi connectivity index (χ4v) is 1.89. The van der Waals surface area contributed by atoms with Crippen LogP contribution in [0.1, 0.15) is 30.6 Å². The van der Waals surface area contributed by atoms with E-state index in [2.05, 4.69) is 29.0 Å². The summed E-state index contributed by atoms with van der Waals surface area (Å²) in [6.07, 6.45) is 2.35. The summed E-state index contributed by atoms with van der Waals surface area (Å²) in [6.45, 7) is 7.93. The number of anilines is 1. The Morgan fingerprint density at radius 3 is 2.74 bits per heavy atom. The van der Waals surface area contributed by atoms with Gasteiger partial charge in [-0.05, 0) is 32.1 Å². The first kappa shape index (κ1) is 15.7. The van der Waals surface area contributed by atoms with Crippen molar-refractivity contribution in [1.82, 2.24) is 15.2 Å². The molecule has 0 atom stereocenters. The Bertz CT molecular complexity index is 421. The smallest absolute Gasteiger partial charge is 0.252 e. The van der Waals surface area contributed by atoms with Gasteiger partial charge in [0.2, 0.25) is 0 Å². The molecule has 6 heteroatoms. The van der Waals surface area contributed by atoms with Crippen LogP contribution in [0.15, 0.2) is 12.3 Å². The molecule has 106 valence electrons. The maximum absolute atomic E-state index is 11.8. The van der Waals surface area contributed by atoms with Gasteiger partial charge in [-0.1, -0.05) is 25.4 Å². The van der Waals surface area contributed by atoms with Crippen LogP contribution in [0.4, 0.5) is 5.82 Å². The average Bonchev–Trinajstić information content (AvgIpc) is 2.42. The van der Waals surface area contributed by atoms with E-state index in [9.17, 15) is 4.79 Å². The van der Waals surface area contributed by atoms with Crippen molar-refractivity contribution in [3.8, 4) is 0 Å². The first-order valence-corrected chi connectivity index (χ1v) is 6.87. The van der Waals surface area contributed by atoms with Crippen LogP contribution in [-0.2, 0) is 0 Å². The zero-order chi connectivity index (χ0) is 14.3. The van der Waals surface area contributed by atoms with Crippen LogP contribution < -0.4 is 11.1 Å². The van der Waals surface area contributed by atoms with Crippen molar-refractivity contribution in [1.29, 1.82) is 0 Å². The number of nitrogens with one attached hydrogen (secondary N) is 1. The van der Waals surface area contributed by atoms with Gasteiger partial charge in [0, 0.05) is 12.7 Å². The summed E-state index contributed by atoms with van der Waals surface area (Å²) in [5, 5.41) is 3.15. The van der Waals surface area contributed by atoms with Gasteiger partial charge < -0.3 is 16.0 Å². The number of aromatic nitrogens is 1. The Kier molecular flexibility index (Phi) is 6.59. The van der Waals surface area contributed by atoms with E-state index in [0.29, 0.717) is 17.1 Å². The number of hydrogen-bond donors (Lipinski definition) is 2. The van der Waals surface area contributed by atoms with Crippen LogP contribution >= 0.6 is 11.6 Å². The van der Waals surface area contributed by atoms with E-state index in [4.69, 9.17) is 17.3 Å². The van der Waals surface area contributed by atoms with Crippen molar-refractivity contribution >= 4 is 23.3 Å². The first-order chi connectivity index (χ1) is 9.08. The number of nitrogens with two attached hydrogens (primary N) is 1. The van der Waals surface area contributed by atoms with Crippen molar-refractivity contribution in [3.05, 3.63) is 22.8 Å². The maximum atomic E-state index is 11.8. The SMILES string of the molecule is CCN(CC)CCCNC(=O)c1cnc(N)c(Cl)c1. The van der Waals surface area contributed by atoms with E-state index in [1.165, 1.54) is 12.3 Å². The molecule has 0 fully saturated rings. The van der Waals surface area contributed by atoms with Crippen molar-refractivity contribution in [2.75, 3.05) is 31.9 Å². The van der Waals surface area contributed by atoms with Crippen molar-refractivity contribution in [2.24, 2.45) is 0 Å². The van der Waals surface area contributed by atoms with Gasteiger partial charge in [0.05, 0.1) is 10.6 Å². The van der Waals surface area contributed by atoms with E-state index in [1.807, 2.05) is 0 Å². The van der Waals surface area contributed by atoms with Crippen LogP contribution in [-0.4, -0.2) is 42.0 Å². The van der Waals surface area contributed by atoms with E-state index in [-0.39, 0.29) is 11.7 Å². The molecule has 1 rings (SSSR count). The summed E-state index contributed by atoms with van der Waals surface area (Å²) < 4.78 is 0. The highest BCUT2D eigenvalue weighted by molar-refractivity contribution is 6.33. The second kappa shape index (κ2) is 7.96. The summed E-state index contributed by atoms with van der Waals surface area (Å²) in [4.78, 5) is 18.0. The maximum Gasteiger partial charge on any atom is 0.252 e. The Hall–Kier alpha value is -1.33. The molecule has 0 aliphatic rings. The Morgan fingerprint density at radius 1 is 1.47 bits per heavy atom. The van der Waals surface area contributed by atoms with E-state index in [0.717, 1.165) is 26.1 Å². The van der Waals surface area contributed by atoms with Gasteiger partial charge in [-0.3, -0.25) is 4.79 Å². The lowest BCUT2D eigenvalue weighted by Gasteiger charge is -2.17. The summed E-state index contributed by atoms with van der Waals surface area (Å²) in [5.74, 6) is 0.0636. The van der Waals surface area contributed by atoms with Gasteiger partial charge in [0.15, 0.2) is 0 Å². The molecule has 0 radical (unpaired) electrons. The molecule has 0 saturated heterocycles. The van der Waals surface area contributed by atoms with Crippen LogP contribution in [0.3, 0.4) is 0 Å². The molecule has 0 aliphatic heterocycles. The molecule has 0 saturated carbocycles. The lowest BCUT2D eigenvalue weighted by molar-refractivity contribution is 0.0951. The molecule has 1 amide bonds. The van der Waals surface area contributed by atoms with Gasteiger partial charge in [-0.15, -0.1) is 0 Å². The first-order valence-electron chi connectivity index (χ1n) is 6.50. The topological polar surface area (TPSA) is 71.2 Å². The van der Waals surface area contributed by atoms with Crippen LogP contribution in [0.25, 0.3) is 0 Å². The molecule has 0 bridgehead atoms. The molecular formula is C13H21ClN4O. The zero-order valence-corrected chi connectivity index (χ0v) is 12.2. The van der Waals surface area contributed by atoms with E-state index < -0.39 is 0 Å². The molecule has 3 N–H and O–H groups in total. The molecule has 1 aromatic rings. The number of hydrogen-bond acceptors (Lipinski definition) is 4. The molecule has 5 nitrogen and oxygen atoms in total. The summed E-state index contributed by atoms with van der Waals surface area (Å²) in [5.41, 5.74) is 5.93. The van der Waals surface area contributed by atoms with E-state index in [1.54, 1.807) is 0 Å². The number of nitrogen functional groups attached to an aromatic ring is 1. The molecule has 0 spiro atoms. The van der Waals surface area contributed by atoms with Gasteiger partial charge in [0.1, 0.15) is 5.82 Å². The number of carbonyl (C=O) groups is 1. The van der Waals surface area contributed by atoms with Gasteiger partial charge in [0.25, 0.3) is 5.91 Å². The Labute approximate surface area is 119 Å². The lowest BCUT2D eigenvalue weighted by atomic mass is 10.2.